The van der Waals surface area contributed by atoms with Crippen molar-refractivity contribution < 1.29 is 14.4 Å². The fourth-order valence-corrected chi connectivity index (χ4v) is 1.38. The molecule has 88 valence electrons. The lowest BCUT2D eigenvalue weighted by Gasteiger charge is -2.27. The van der Waals surface area contributed by atoms with Crippen LogP contribution in [0.2, 0.25) is 0 Å². The Morgan fingerprint density at radius 1 is 1.25 bits per heavy atom. The lowest BCUT2D eigenvalue weighted by molar-refractivity contribution is -0.145. The molecule has 0 aliphatic carbocycles. The highest BCUT2D eigenvalue weighted by molar-refractivity contribution is 6.15. The van der Waals surface area contributed by atoms with Crippen LogP contribution in [0.5, 0.6) is 0 Å². The molecule has 1 rings (SSSR count). The molecular formula is C11H16N2O3. The summed E-state index contributed by atoms with van der Waals surface area (Å²) in [5.41, 5.74) is -0.384. The average molecular weight is 224 g/mol. The highest BCUT2D eigenvalue weighted by Gasteiger charge is 2.33. The van der Waals surface area contributed by atoms with Gasteiger partial charge >= 0.3 is 0 Å². The topological polar surface area (TPSA) is 66.5 Å². The van der Waals surface area contributed by atoms with Crippen molar-refractivity contribution in [3.05, 3.63) is 12.2 Å². The molecule has 16 heavy (non-hydrogen) atoms. The molecule has 1 heterocycles. The van der Waals surface area contributed by atoms with Crippen molar-refractivity contribution in [3.8, 4) is 0 Å². The van der Waals surface area contributed by atoms with E-state index in [0.29, 0.717) is 0 Å². The highest BCUT2D eigenvalue weighted by Crippen LogP contribution is 2.10. The number of amides is 3. The Balaban J connectivity index is 2.72. The van der Waals surface area contributed by atoms with E-state index in [-0.39, 0.29) is 11.4 Å². The van der Waals surface area contributed by atoms with Crippen LogP contribution < -0.4 is 5.32 Å². The molecule has 0 radical (unpaired) electrons. The number of carbonyl (C=O) groups is 3. The third-order valence-electron chi connectivity index (χ3n) is 2.11. The first-order chi connectivity index (χ1) is 7.22. The number of hydrogen-bond donors (Lipinski definition) is 1. The van der Waals surface area contributed by atoms with Gasteiger partial charge in [0.15, 0.2) is 0 Å². The monoisotopic (exact) mass is 224 g/mol. The van der Waals surface area contributed by atoms with E-state index in [4.69, 9.17) is 0 Å². The van der Waals surface area contributed by atoms with Crippen molar-refractivity contribution in [3.63, 3.8) is 0 Å². The summed E-state index contributed by atoms with van der Waals surface area (Å²) in [6.07, 6.45) is 2.34. The first kappa shape index (κ1) is 12.4. The van der Waals surface area contributed by atoms with Crippen molar-refractivity contribution in [1.29, 1.82) is 0 Å². The summed E-state index contributed by atoms with van der Waals surface area (Å²) in [7, 11) is 0. The summed E-state index contributed by atoms with van der Waals surface area (Å²) in [4.78, 5) is 35.4. The third kappa shape index (κ3) is 2.68. The van der Waals surface area contributed by atoms with Crippen LogP contribution in [-0.4, -0.2) is 34.2 Å². The quantitative estimate of drug-likeness (QED) is 0.682. The van der Waals surface area contributed by atoms with E-state index in [1.807, 2.05) is 20.8 Å². The Morgan fingerprint density at radius 3 is 2.06 bits per heavy atom. The molecule has 1 atom stereocenters. The molecule has 1 aliphatic heterocycles. The molecule has 0 spiro atoms. The van der Waals surface area contributed by atoms with Gasteiger partial charge in [-0.3, -0.25) is 19.3 Å². The summed E-state index contributed by atoms with van der Waals surface area (Å²) in [6.45, 7) is 7.04. The van der Waals surface area contributed by atoms with Gasteiger partial charge in [0.2, 0.25) is 5.91 Å². The van der Waals surface area contributed by atoms with Crippen molar-refractivity contribution in [2.45, 2.75) is 39.3 Å². The van der Waals surface area contributed by atoms with Gasteiger partial charge < -0.3 is 5.32 Å². The van der Waals surface area contributed by atoms with Crippen LogP contribution >= 0.6 is 0 Å². The second-order valence-corrected chi connectivity index (χ2v) is 4.80. The smallest absolute Gasteiger partial charge is 0.254 e. The minimum Gasteiger partial charge on any atom is -0.350 e. The van der Waals surface area contributed by atoms with Crippen LogP contribution in [0.3, 0.4) is 0 Å². The fourth-order valence-electron chi connectivity index (χ4n) is 1.38. The number of carbonyl (C=O) groups excluding carboxylic acids is 3. The van der Waals surface area contributed by atoms with Crippen LogP contribution in [0.15, 0.2) is 12.2 Å². The zero-order valence-corrected chi connectivity index (χ0v) is 9.90. The molecule has 0 aromatic rings. The Labute approximate surface area is 94.5 Å². The van der Waals surface area contributed by atoms with Crippen LogP contribution in [0.1, 0.15) is 27.7 Å². The highest BCUT2D eigenvalue weighted by atomic mass is 16.2. The van der Waals surface area contributed by atoms with E-state index < -0.39 is 17.9 Å². The molecule has 5 heteroatoms. The van der Waals surface area contributed by atoms with Gasteiger partial charge in [-0.1, -0.05) is 0 Å². The van der Waals surface area contributed by atoms with Gasteiger partial charge in [0, 0.05) is 17.7 Å². The second-order valence-electron chi connectivity index (χ2n) is 4.80. The third-order valence-corrected chi connectivity index (χ3v) is 2.11. The van der Waals surface area contributed by atoms with E-state index in [0.717, 1.165) is 4.90 Å². The maximum atomic E-state index is 11.8. The zero-order chi connectivity index (χ0) is 12.5. The maximum Gasteiger partial charge on any atom is 0.254 e. The molecule has 0 aromatic heterocycles. The van der Waals surface area contributed by atoms with E-state index in [9.17, 15) is 14.4 Å². The van der Waals surface area contributed by atoms with Gasteiger partial charge in [0.05, 0.1) is 0 Å². The molecule has 1 N–H and O–H groups in total. The summed E-state index contributed by atoms with van der Waals surface area (Å²) in [6, 6.07) is -0.783. The van der Waals surface area contributed by atoms with Crippen LogP contribution in [0.25, 0.3) is 0 Å². The molecule has 0 saturated heterocycles. The van der Waals surface area contributed by atoms with Gasteiger partial charge in [0.25, 0.3) is 11.8 Å². The van der Waals surface area contributed by atoms with Crippen LogP contribution in [0, 0.1) is 0 Å². The first-order valence-corrected chi connectivity index (χ1v) is 5.09. The summed E-state index contributed by atoms with van der Waals surface area (Å²) in [5, 5.41) is 2.72. The number of nitrogens with one attached hydrogen (secondary N) is 1. The summed E-state index contributed by atoms with van der Waals surface area (Å²) < 4.78 is 0. The predicted molar refractivity (Wildman–Crippen MR) is 58.4 cm³/mol. The van der Waals surface area contributed by atoms with E-state index in [2.05, 4.69) is 5.32 Å². The largest absolute Gasteiger partial charge is 0.350 e. The molecule has 0 saturated carbocycles. The number of hydrogen-bond acceptors (Lipinski definition) is 3. The SMILES string of the molecule is CC(C(=O)NC(C)(C)C)N1C(=O)C=CC1=O. The Hall–Kier alpha value is -1.65. The van der Waals surface area contributed by atoms with Gasteiger partial charge in [-0.05, 0) is 27.7 Å². The zero-order valence-electron chi connectivity index (χ0n) is 9.90. The predicted octanol–water partition coefficient (Wildman–Crippen LogP) is 0.215. The van der Waals surface area contributed by atoms with Crippen molar-refractivity contribution in [2.75, 3.05) is 0 Å². The lowest BCUT2D eigenvalue weighted by atomic mass is 10.1. The van der Waals surface area contributed by atoms with E-state index >= 15 is 0 Å². The van der Waals surface area contributed by atoms with E-state index in [1.165, 1.54) is 19.1 Å². The van der Waals surface area contributed by atoms with Crippen molar-refractivity contribution in [1.82, 2.24) is 10.2 Å². The summed E-state index contributed by atoms with van der Waals surface area (Å²) >= 11 is 0. The number of nitrogens with zero attached hydrogens (tertiary/aromatic N) is 1. The van der Waals surface area contributed by atoms with Crippen molar-refractivity contribution >= 4 is 17.7 Å². The molecule has 0 fully saturated rings. The van der Waals surface area contributed by atoms with E-state index in [1.54, 1.807) is 0 Å². The van der Waals surface area contributed by atoms with Crippen LogP contribution in [-0.2, 0) is 14.4 Å². The van der Waals surface area contributed by atoms with Crippen LogP contribution in [0.4, 0.5) is 0 Å². The molecule has 3 amide bonds. The summed E-state index contributed by atoms with van der Waals surface area (Å²) in [5.74, 6) is -1.22. The minimum absolute atomic E-state index is 0.335. The number of rotatable bonds is 2. The van der Waals surface area contributed by atoms with Gasteiger partial charge in [-0.2, -0.15) is 0 Å². The lowest BCUT2D eigenvalue weighted by Crippen LogP contribution is -2.52. The normalized spacial score (nSPS) is 17.9. The molecule has 1 unspecified atom stereocenters. The Kier molecular flexibility index (Phi) is 3.16. The average Bonchev–Trinajstić information content (AvgIpc) is 2.42. The van der Waals surface area contributed by atoms with Crippen molar-refractivity contribution in [2.24, 2.45) is 0 Å². The second kappa shape index (κ2) is 4.08. The standard InChI is InChI=1S/C11H16N2O3/c1-7(10(16)12-11(2,3)4)13-8(14)5-6-9(13)15/h5-7H,1-4H3,(H,12,16). The van der Waals surface area contributed by atoms with Gasteiger partial charge in [0.1, 0.15) is 6.04 Å². The molecular weight excluding hydrogens is 208 g/mol. The minimum atomic E-state index is -0.783. The Morgan fingerprint density at radius 2 is 1.69 bits per heavy atom. The van der Waals surface area contributed by atoms with Gasteiger partial charge in [-0.25, -0.2) is 0 Å². The molecule has 0 bridgehead atoms. The molecule has 1 aliphatic rings. The maximum absolute atomic E-state index is 11.8. The molecule has 5 nitrogen and oxygen atoms in total. The fraction of sp³-hybridized carbons (Fsp3) is 0.545. The van der Waals surface area contributed by atoms with Gasteiger partial charge in [-0.15, -0.1) is 0 Å². The number of imide groups is 1. The Bertz CT molecular complexity index is 348. The molecule has 0 aromatic carbocycles. The first-order valence-electron chi connectivity index (χ1n) is 5.09.